The summed E-state index contributed by atoms with van der Waals surface area (Å²) < 4.78 is 52.8. The number of carbonyl (C=O) groups excluding carboxylic acids is 2. The minimum Gasteiger partial charge on any atom is -0.493 e. The normalized spacial score (nSPS) is 11.0. The molecule has 0 bridgehead atoms. The van der Waals surface area contributed by atoms with Gasteiger partial charge in [0.05, 0.1) is 35.5 Å². The van der Waals surface area contributed by atoms with Gasteiger partial charge in [-0.1, -0.05) is 53.5 Å². The molecule has 0 aliphatic rings. The van der Waals surface area contributed by atoms with Gasteiger partial charge in [-0.05, 0) is 48.5 Å². The van der Waals surface area contributed by atoms with Crippen LogP contribution in [-0.4, -0.2) is 40.9 Å². The number of ketones is 1. The van der Waals surface area contributed by atoms with Crippen molar-refractivity contribution in [2.45, 2.75) is 4.90 Å². The van der Waals surface area contributed by atoms with Gasteiger partial charge >= 0.3 is 0 Å². The third-order valence-corrected chi connectivity index (χ3v) is 8.25. The van der Waals surface area contributed by atoms with Crippen LogP contribution in [0.25, 0.3) is 0 Å². The zero-order valence-corrected chi connectivity index (χ0v) is 24.1. The molecule has 0 heterocycles. The Kier molecular flexibility index (Phi) is 9.17. The van der Waals surface area contributed by atoms with Gasteiger partial charge in [0.1, 0.15) is 12.4 Å². The second-order valence-corrected chi connectivity index (χ2v) is 11.3. The molecule has 0 aliphatic heterocycles. The molecule has 0 saturated carbocycles. The SMILES string of the molecule is COc1ccc(S(=O)(=O)N(CC(=O)Nc2ccc(Cl)cc2C(=O)c2ccccc2)c2ccc(F)c(Cl)c2)cc1OC. The summed E-state index contributed by atoms with van der Waals surface area (Å²) in [6.07, 6.45) is 0. The molecule has 0 fully saturated rings. The number of amides is 1. The van der Waals surface area contributed by atoms with E-state index in [1.54, 1.807) is 30.3 Å². The predicted octanol–water partition coefficient (Wildman–Crippen LogP) is 6.21. The molecule has 8 nitrogen and oxygen atoms in total. The van der Waals surface area contributed by atoms with Gasteiger partial charge in [0.2, 0.25) is 5.91 Å². The Morgan fingerprint density at radius 1 is 0.878 bits per heavy atom. The second kappa shape index (κ2) is 12.6. The van der Waals surface area contributed by atoms with Crippen molar-refractivity contribution in [3.8, 4) is 11.5 Å². The maximum Gasteiger partial charge on any atom is 0.264 e. The van der Waals surface area contributed by atoms with Crippen molar-refractivity contribution >= 4 is 56.3 Å². The quantitative estimate of drug-likeness (QED) is 0.212. The summed E-state index contributed by atoms with van der Waals surface area (Å²) in [4.78, 5) is 26.3. The molecule has 0 aromatic heterocycles. The van der Waals surface area contributed by atoms with Crippen LogP contribution in [0.15, 0.2) is 89.8 Å². The Hall–Kier alpha value is -4.12. The number of ether oxygens (including phenoxy) is 2. The lowest BCUT2D eigenvalue weighted by Crippen LogP contribution is -2.38. The van der Waals surface area contributed by atoms with Crippen LogP contribution in [0.4, 0.5) is 15.8 Å². The van der Waals surface area contributed by atoms with Crippen LogP contribution in [0.1, 0.15) is 15.9 Å². The number of benzene rings is 4. The van der Waals surface area contributed by atoms with Crippen LogP contribution in [0, 0.1) is 5.82 Å². The molecule has 1 N–H and O–H groups in total. The molecule has 0 atom stereocenters. The maximum atomic E-state index is 14.0. The highest BCUT2D eigenvalue weighted by Crippen LogP contribution is 2.33. The highest BCUT2D eigenvalue weighted by molar-refractivity contribution is 7.92. The third-order valence-electron chi connectivity index (χ3n) is 5.96. The first-order chi connectivity index (χ1) is 19.5. The number of methoxy groups -OCH3 is 2. The molecule has 4 aromatic carbocycles. The molecule has 212 valence electrons. The van der Waals surface area contributed by atoms with E-state index in [-0.39, 0.29) is 37.6 Å². The molecule has 0 spiro atoms. The standard InChI is InChI=1S/C29H23Cl2FN2O6S/c1-39-26-13-10-21(16-27(26)40-2)41(37,38)34(20-9-11-24(32)23(31)15-20)17-28(35)33-25-12-8-19(30)14-22(25)29(36)18-6-4-3-5-7-18/h3-16H,17H2,1-2H3,(H,33,35). The van der Waals surface area contributed by atoms with Gasteiger partial charge < -0.3 is 14.8 Å². The Bertz CT molecular complexity index is 1720. The van der Waals surface area contributed by atoms with E-state index in [9.17, 15) is 22.4 Å². The lowest BCUT2D eigenvalue weighted by molar-refractivity contribution is -0.114. The fourth-order valence-corrected chi connectivity index (χ4v) is 5.71. The van der Waals surface area contributed by atoms with Gasteiger partial charge in [0, 0.05) is 22.2 Å². The zero-order valence-electron chi connectivity index (χ0n) is 21.7. The fourth-order valence-electron chi connectivity index (χ4n) is 3.94. The number of halogens is 3. The van der Waals surface area contributed by atoms with Crippen molar-refractivity contribution in [2.24, 2.45) is 0 Å². The average molecular weight is 617 g/mol. The van der Waals surface area contributed by atoms with Crippen LogP contribution in [0.3, 0.4) is 0 Å². The summed E-state index contributed by atoms with van der Waals surface area (Å²) >= 11 is 12.1. The van der Waals surface area contributed by atoms with Gasteiger partial charge in [-0.3, -0.25) is 13.9 Å². The van der Waals surface area contributed by atoms with E-state index in [0.717, 1.165) is 16.4 Å². The number of nitrogens with one attached hydrogen (secondary N) is 1. The Morgan fingerprint density at radius 2 is 1.59 bits per heavy atom. The lowest BCUT2D eigenvalue weighted by atomic mass is 10.0. The summed E-state index contributed by atoms with van der Waals surface area (Å²) in [6, 6.07) is 19.9. The minimum atomic E-state index is -4.44. The van der Waals surface area contributed by atoms with Crippen molar-refractivity contribution in [3.63, 3.8) is 0 Å². The lowest BCUT2D eigenvalue weighted by Gasteiger charge is -2.25. The molecule has 4 rings (SSSR count). The Balaban J connectivity index is 1.72. The number of hydrogen-bond acceptors (Lipinski definition) is 6. The van der Waals surface area contributed by atoms with Crippen LogP contribution in [-0.2, 0) is 14.8 Å². The Labute approximate surface area is 246 Å². The predicted molar refractivity (Wildman–Crippen MR) is 155 cm³/mol. The van der Waals surface area contributed by atoms with E-state index in [4.69, 9.17) is 32.7 Å². The highest BCUT2D eigenvalue weighted by Gasteiger charge is 2.29. The Morgan fingerprint density at radius 3 is 2.24 bits per heavy atom. The largest absolute Gasteiger partial charge is 0.493 e. The monoisotopic (exact) mass is 616 g/mol. The summed E-state index contributed by atoms with van der Waals surface area (Å²) in [5, 5.41) is 2.52. The average Bonchev–Trinajstić information content (AvgIpc) is 2.97. The van der Waals surface area contributed by atoms with E-state index in [1.807, 2.05) is 0 Å². The van der Waals surface area contributed by atoms with E-state index in [2.05, 4.69) is 5.32 Å². The van der Waals surface area contributed by atoms with Crippen LogP contribution >= 0.6 is 23.2 Å². The topological polar surface area (TPSA) is 102 Å². The van der Waals surface area contributed by atoms with Gasteiger partial charge in [0.25, 0.3) is 10.0 Å². The molecule has 0 saturated heterocycles. The summed E-state index contributed by atoms with van der Waals surface area (Å²) in [6.45, 7) is -0.750. The van der Waals surface area contributed by atoms with Gasteiger partial charge in [0.15, 0.2) is 17.3 Å². The van der Waals surface area contributed by atoms with Crippen molar-refractivity contribution in [1.29, 1.82) is 0 Å². The molecule has 12 heteroatoms. The molecule has 4 aromatic rings. The number of carbonyl (C=O) groups is 2. The van der Waals surface area contributed by atoms with Crippen molar-refractivity contribution in [2.75, 3.05) is 30.4 Å². The van der Waals surface area contributed by atoms with Gasteiger partial charge in [-0.25, -0.2) is 12.8 Å². The molecule has 0 aliphatic carbocycles. The number of rotatable bonds is 10. The zero-order chi connectivity index (χ0) is 29.7. The first-order valence-electron chi connectivity index (χ1n) is 11.9. The van der Waals surface area contributed by atoms with Gasteiger partial charge in [-0.15, -0.1) is 0 Å². The van der Waals surface area contributed by atoms with E-state index < -0.39 is 34.1 Å². The van der Waals surface area contributed by atoms with E-state index >= 15 is 0 Å². The number of sulfonamides is 1. The van der Waals surface area contributed by atoms with Crippen molar-refractivity contribution < 1.29 is 31.9 Å². The molecule has 0 radical (unpaired) electrons. The second-order valence-electron chi connectivity index (χ2n) is 8.56. The minimum absolute atomic E-state index is 0.0713. The molecule has 0 unspecified atom stereocenters. The maximum absolute atomic E-state index is 14.0. The summed E-state index contributed by atoms with van der Waals surface area (Å²) in [7, 11) is -1.69. The summed E-state index contributed by atoms with van der Waals surface area (Å²) in [5.74, 6) is -1.53. The smallest absolute Gasteiger partial charge is 0.264 e. The molecule has 41 heavy (non-hydrogen) atoms. The number of anilines is 2. The van der Waals surface area contributed by atoms with Crippen LogP contribution in [0.5, 0.6) is 11.5 Å². The van der Waals surface area contributed by atoms with Crippen molar-refractivity contribution in [1.82, 2.24) is 0 Å². The number of nitrogens with zero attached hydrogens (tertiary/aromatic N) is 1. The van der Waals surface area contributed by atoms with Gasteiger partial charge in [-0.2, -0.15) is 0 Å². The highest BCUT2D eigenvalue weighted by atomic mass is 35.5. The first kappa shape index (κ1) is 29.9. The van der Waals surface area contributed by atoms with Crippen LogP contribution in [0.2, 0.25) is 10.0 Å². The third kappa shape index (κ3) is 6.62. The fraction of sp³-hybridized carbons (Fsp3) is 0.103. The summed E-state index contributed by atoms with van der Waals surface area (Å²) in [5.41, 5.74) is 0.520. The van der Waals surface area contributed by atoms with E-state index in [0.29, 0.717) is 11.3 Å². The number of hydrogen-bond donors (Lipinski definition) is 1. The molecular weight excluding hydrogens is 594 g/mol. The molecule has 1 amide bonds. The first-order valence-corrected chi connectivity index (χ1v) is 14.1. The van der Waals surface area contributed by atoms with E-state index in [1.165, 1.54) is 56.7 Å². The van der Waals surface area contributed by atoms with Crippen molar-refractivity contribution in [3.05, 3.63) is 112 Å². The van der Waals surface area contributed by atoms with Crippen LogP contribution < -0.4 is 19.1 Å². The molecular formula is C29H23Cl2FN2O6S.